The van der Waals surface area contributed by atoms with Crippen molar-refractivity contribution in [2.75, 3.05) is 0 Å². The highest BCUT2D eigenvalue weighted by atomic mass is 16.4. The number of nitrogens with zero attached hydrogens (tertiary/aromatic N) is 1. The molecule has 0 bridgehead atoms. The van der Waals surface area contributed by atoms with Crippen LogP contribution in [0, 0.1) is 0 Å². The summed E-state index contributed by atoms with van der Waals surface area (Å²) in [7, 11) is 0. The summed E-state index contributed by atoms with van der Waals surface area (Å²) in [5.74, 6) is -1.01. The highest BCUT2D eigenvalue weighted by Crippen LogP contribution is 2.14. The average molecular weight is 215 g/mol. The summed E-state index contributed by atoms with van der Waals surface area (Å²) in [6, 6.07) is -0.181. The molecule has 15 heavy (non-hydrogen) atoms. The number of ketones is 1. The van der Waals surface area contributed by atoms with Crippen molar-refractivity contribution in [3.05, 3.63) is 0 Å². The highest BCUT2D eigenvalue weighted by molar-refractivity contribution is 5.86. The van der Waals surface area contributed by atoms with Crippen molar-refractivity contribution >= 4 is 11.8 Å². The minimum Gasteiger partial charge on any atom is -0.481 e. The van der Waals surface area contributed by atoms with Gasteiger partial charge in [-0.1, -0.05) is 0 Å². The van der Waals surface area contributed by atoms with E-state index in [0.717, 1.165) is 0 Å². The number of Topliss-reactive ketones (excluding diaryl/α,β-unsaturated/α-hetero) is 1. The van der Waals surface area contributed by atoms with Crippen LogP contribution in [0.4, 0.5) is 0 Å². The molecule has 0 amide bonds. The Hall–Kier alpha value is -0.900. The van der Waals surface area contributed by atoms with Gasteiger partial charge in [-0.25, -0.2) is 0 Å². The Balaban J connectivity index is 4.84. The summed E-state index contributed by atoms with van der Waals surface area (Å²) in [6.07, 6.45) is -0.119. The maximum absolute atomic E-state index is 11.4. The normalized spacial score (nSPS) is 13.6. The molecule has 1 unspecified atom stereocenters. The van der Waals surface area contributed by atoms with Crippen LogP contribution in [0.15, 0.2) is 0 Å². The first-order valence-electron chi connectivity index (χ1n) is 5.27. The minimum atomic E-state index is -0.929. The van der Waals surface area contributed by atoms with Gasteiger partial charge >= 0.3 is 5.97 Å². The van der Waals surface area contributed by atoms with E-state index in [1.54, 1.807) is 0 Å². The lowest BCUT2D eigenvalue weighted by Gasteiger charge is -2.36. The summed E-state index contributed by atoms with van der Waals surface area (Å²) < 4.78 is 0. The average Bonchev–Trinajstić information content (AvgIpc) is 2.00. The Kier molecular flexibility index (Phi) is 5.50. The second-order valence-corrected chi connectivity index (χ2v) is 4.36. The largest absolute Gasteiger partial charge is 0.481 e. The second-order valence-electron chi connectivity index (χ2n) is 4.36. The van der Waals surface area contributed by atoms with Crippen LogP contribution in [0.25, 0.3) is 0 Å². The Morgan fingerprint density at radius 3 is 1.73 bits per heavy atom. The maximum atomic E-state index is 11.4. The van der Waals surface area contributed by atoms with E-state index in [2.05, 4.69) is 0 Å². The predicted molar refractivity (Wildman–Crippen MR) is 58.8 cm³/mol. The monoisotopic (exact) mass is 215 g/mol. The van der Waals surface area contributed by atoms with Crippen molar-refractivity contribution < 1.29 is 14.7 Å². The third-order valence-electron chi connectivity index (χ3n) is 2.39. The van der Waals surface area contributed by atoms with Gasteiger partial charge < -0.3 is 5.11 Å². The van der Waals surface area contributed by atoms with Gasteiger partial charge in [-0.2, -0.15) is 0 Å². The quantitative estimate of drug-likeness (QED) is 0.730. The van der Waals surface area contributed by atoms with E-state index in [4.69, 9.17) is 5.11 Å². The lowest BCUT2D eigenvalue weighted by atomic mass is 10.0. The molecule has 0 fully saturated rings. The molecule has 0 spiro atoms. The summed E-state index contributed by atoms with van der Waals surface area (Å²) in [4.78, 5) is 24.1. The van der Waals surface area contributed by atoms with Gasteiger partial charge in [0.05, 0.1) is 12.5 Å². The molecule has 4 heteroatoms. The van der Waals surface area contributed by atoms with Gasteiger partial charge in [-0.15, -0.1) is 0 Å². The summed E-state index contributed by atoms with van der Waals surface area (Å²) in [5, 5.41) is 8.77. The van der Waals surface area contributed by atoms with Crippen LogP contribution in [0.5, 0.6) is 0 Å². The molecule has 0 saturated carbocycles. The van der Waals surface area contributed by atoms with Crippen molar-refractivity contribution in [2.24, 2.45) is 0 Å². The van der Waals surface area contributed by atoms with Crippen LogP contribution in [-0.4, -0.2) is 39.9 Å². The summed E-state index contributed by atoms with van der Waals surface area (Å²) in [6.45, 7) is 9.33. The number of carbonyl (C=O) groups excluding carboxylic acids is 1. The number of carboxylic acid groups (broad SMARTS) is 1. The van der Waals surface area contributed by atoms with Gasteiger partial charge in [-0.05, 0) is 34.6 Å². The third-order valence-corrected chi connectivity index (χ3v) is 2.39. The molecule has 0 aromatic heterocycles. The topological polar surface area (TPSA) is 57.6 Å². The fraction of sp³-hybridized carbons (Fsp3) is 0.818. The van der Waals surface area contributed by atoms with Crippen molar-refractivity contribution in [2.45, 2.75) is 59.2 Å². The number of rotatable bonds is 6. The number of hydrogen-bond donors (Lipinski definition) is 1. The van der Waals surface area contributed by atoms with E-state index in [9.17, 15) is 9.59 Å². The molecule has 0 aliphatic heterocycles. The van der Waals surface area contributed by atoms with Gasteiger partial charge in [0.15, 0.2) is 0 Å². The zero-order chi connectivity index (χ0) is 12.2. The molecule has 0 aromatic carbocycles. The van der Waals surface area contributed by atoms with Gasteiger partial charge in [0.1, 0.15) is 5.78 Å². The Morgan fingerprint density at radius 1 is 1.13 bits per heavy atom. The van der Waals surface area contributed by atoms with E-state index in [-0.39, 0.29) is 24.3 Å². The predicted octanol–water partition coefficient (Wildman–Crippen LogP) is 1.54. The van der Waals surface area contributed by atoms with Crippen LogP contribution < -0.4 is 0 Å². The van der Waals surface area contributed by atoms with Crippen LogP contribution in [0.3, 0.4) is 0 Å². The molecule has 1 atom stereocenters. The van der Waals surface area contributed by atoms with Gasteiger partial charge in [0.2, 0.25) is 0 Å². The van der Waals surface area contributed by atoms with E-state index in [1.807, 2.05) is 32.6 Å². The first kappa shape index (κ1) is 14.1. The first-order valence-corrected chi connectivity index (χ1v) is 5.27. The van der Waals surface area contributed by atoms with Gasteiger partial charge in [-0.3, -0.25) is 14.5 Å². The molecule has 4 nitrogen and oxygen atoms in total. The van der Waals surface area contributed by atoms with Gasteiger partial charge in [0, 0.05) is 12.1 Å². The number of carbonyl (C=O) groups is 2. The molecule has 0 heterocycles. The van der Waals surface area contributed by atoms with Crippen LogP contribution in [0.2, 0.25) is 0 Å². The van der Waals surface area contributed by atoms with Crippen molar-refractivity contribution in [1.82, 2.24) is 4.90 Å². The summed E-state index contributed by atoms with van der Waals surface area (Å²) in [5.41, 5.74) is 0. The molecular formula is C11H21NO3. The highest BCUT2D eigenvalue weighted by Gasteiger charge is 2.29. The number of hydrogen-bond acceptors (Lipinski definition) is 3. The first-order chi connectivity index (χ1) is 6.77. The molecule has 0 rings (SSSR count). The molecule has 0 aliphatic carbocycles. The molecule has 0 radical (unpaired) electrons. The second kappa shape index (κ2) is 5.85. The standard InChI is InChI=1S/C11H21NO3/c1-7(2)12(8(3)4)10(9(5)13)6-11(14)15/h7-8,10H,6H2,1-5H3,(H,14,15). The Labute approximate surface area is 91.3 Å². The molecule has 0 aliphatic rings. The van der Waals surface area contributed by atoms with Gasteiger partial charge in [0.25, 0.3) is 0 Å². The van der Waals surface area contributed by atoms with E-state index in [1.165, 1.54) is 6.92 Å². The van der Waals surface area contributed by atoms with Crippen LogP contribution in [0.1, 0.15) is 41.0 Å². The SMILES string of the molecule is CC(=O)C(CC(=O)O)N(C(C)C)C(C)C. The van der Waals surface area contributed by atoms with E-state index in [0.29, 0.717) is 0 Å². The maximum Gasteiger partial charge on any atom is 0.305 e. The van der Waals surface area contributed by atoms with E-state index >= 15 is 0 Å². The Bertz CT molecular complexity index is 228. The fourth-order valence-electron chi connectivity index (χ4n) is 1.94. The van der Waals surface area contributed by atoms with Crippen LogP contribution in [-0.2, 0) is 9.59 Å². The van der Waals surface area contributed by atoms with Crippen LogP contribution >= 0.6 is 0 Å². The molecule has 0 saturated heterocycles. The Morgan fingerprint density at radius 2 is 1.53 bits per heavy atom. The minimum absolute atomic E-state index is 0.0835. The fourth-order valence-corrected chi connectivity index (χ4v) is 1.94. The van der Waals surface area contributed by atoms with Crippen molar-refractivity contribution in [1.29, 1.82) is 0 Å². The summed E-state index contributed by atoms with van der Waals surface area (Å²) >= 11 is 0. The lowest BCUT2D eigenvalue weighted by molar-refractivity contribution is -0.142. The zero-order valence-electron chi connectivity index (χ0n) is 10.2. The zero-order valence-corrected chi connectivity index (χ0v) is 10.2. The number of aliphatic carboxylic acids is 1. The van der Waals surface area contributed by atoms with E-state index < -0.39 is 12.0 Å². The smallest absolute Gasteiger partial charge is 0.305 e. The number of carboxylic acids is 1. The van der Waals surface area contributed by atoms with Crippen molar-refractivity contribution in [3.8, 4) is 0 Å². The third kappa shape index (κ3) is 4.42. The van der Waals surface area contributed by atoms with Crippen molar-refractivity contribution in [3.63, 3.8) is 0 Å². The molecular weight excluding hydrogens is 194 g/mol. The molecule has 88 valence electrons. The lowest BCUT2D eigenvalue weighted by Crippen LogP contribution is -2.49. The molecule has 0 aromatic rings. The molecule has 1 N–H and O–H groups in total.